The molecule has 0 unspecified atom stereocenters. The van der Waals surface area contributed by atoms with Crippen LogP contribution < -0.4 is 5.73 Å². The maximum atomic E-state index is 10.7. The number of nitrogens with zero attached hydrogens (tertiary/aromatic N) is 4. The Labute approximate surface area is 119 Å². The van der Waals surface area contributed by atoms with Crippen molar-refractivity contribution in [3.63, 3.8) is 0 Å². The van der Waals surface area contributed by atoms with Crippen molar-refractivity contribution in [2.75, 3.05) is 25.1 Å². The lowest BCUT2D eigenvalue weighted by molar-refractivity contribution is -0.0319. The number of rotatable bonds is 7. The Morgan fingerprint density at radius 1 is 1.43 bits per heavy atom. The van der Waals surface area contributed by atoms with Crippen molar-refractivity contribution in [3.8, 4) is 0 Å². The van der Waals surface area contributed by atoms with Gasteiger partial charge in [0.25, 0.3) is 0 Å². The van der Waals surface area contributed by atoms with E-state index in [-0.39, 0.29) is 31.7 Å². The van der Waals surface area contributed by atoms with Gasteiger partial charge in [-0.25, -0.2) is 9.97 Å². The molecule has 11 heteroatoms. The minimum Gasteiger partial charge on any atom is -0.392 e. The monoisotopic (exact) mass is 317 g/mol. The maximum Gasteiger partial charge on any atom is 0.325 e. The highest BCUT2D eigenvalue weighted by atomic mass is 31.2. The van der Waals surface area contributed by atoms with E-state index in [2.05, 4.69) is 15.0 Å². The zero-order chi connectivity index (χ0) is 15.5. The van der Waals surface area contributed by atoms with Crippen LogP contribution in [0.2, 0.25) is 0 Å². The van der Waals surface area contributed by atoms with Crippen LogP contribution in [0.1, 0.15) is 12.6 Å². The molecule has 0 saturated carbocycles. The quantitative estimate of drug-likeness (QED) is 0.389. The predicted octanol–water partition coefficient (Wildman–Crippen LogP) is -0.516. The van der Waals surface area contributed by atoms with Gasteiger partial charge in [-0.1, -0.05) is 0 Å². The summed E-state index contributed by atoms with van der Waals surface area (Å²) in [7, 11) is -4.04. The van der Waals surface area contributed by atoms with Crippen molar-refractivity contribution in [1.82, 2.24) is 19.5 Å². The topological polar surface area (TPSA) is 157 Å². The molecule has 116 valence electrons. The summed E-state index contributed by atoms with van der Waals surface area (Å²) in [5.74, 6) is 0.0717. The largest absolute Gasteiger partial charge is 0.392 e. The first-order chi connectivity index (χ1) is 9.90. The molecule has 0 amide bonds. The Morgan fingerprint density at radius 3 is 2.86 bits per heavy atom. The minimum atomic E-state index is -4.04. The number of nitrogens with two attached hydrogens (primary N) is 1. The zero-order valence-corrected chi connectivity index (χ0v) is 11.9. The van der Waals surface area contributed by atoms with Gasteiger partial charge in [-0.2, -0.15) is 4.98 Å². The van der Waals surface area contributed by atoms with E-state index in [1.54, 1.807) is 0 Å². The van der Waals surface area contributed by atoms with E-state index in [0.717, 1.165) is 0 Å². The molecule has 0 saturated heterocycles. The van der Waals surface area contributed by atoms with Crippen LogP contribution in [0, 0.1) is 0 Å². The summed E-state index contributed by atoms with van der Waals surface area (Å²) in [5, 5.41) is 9.38. The molecule has 0 aromatic carbocycles. The fourth-order valence-corrected chi connectivity index (χ4v) is 2.30. The number of ether oxygens (including phenoxy) is 1. The first-order valence-corrected chi connectivity index (χ1v) is 7.92. The summed E-state index contributed by atoms with van der Waals surface area (Å²) >= 11 is 0. The van der Waals surface area contributed by atoms with Crippen LogP contribution >= 0.6 is 7.60 Å². The zero-order valence-electron chi connectivity index (χ0n) is 11.0. The summed E-state index contributed by atoms with van der Waals surface area (Å²) < 4.78 is 17.6. The van der Waals surface area contributed by atoms with Crippen LogP contribution in [0.4, 0.5) is 5.95 Å². The molecule has 10 nitrogen and oxygen atoms in total. The molecule has 2 aromatic rings. The highest BCUT2D eigenvalue weighted by Gasteiger charge is 2.17. The van der Waals surface area contributed by atoms with Gasteiger partial charge in [-0.15, -0.1) is 0 Å². The molecular formula is C10H16N5O5P. The second-order valence-electron chi connectivity index (χ2n) is 4.34. The Balaban J connectivity index is 2.06. The number of anilines is 1. The van der Waals surface area contributed by atoms with Crippen molar-refractivity contribution >= 4 is 24.7 Å². The first-order valence-electron chi connectivity index (χ1n) is 6.13. The van der Waals surface area contributed by atoms with Gasteiger partial charge in [0.05, 0.1) is 25.3 Å². The molecule has 2 aromatic heterocycles. The van der Waals surface area contributed by atoms with Gasteiger partial charge < -0.3 is 25.4 Å². The number of nitrogen functional groups attached to an aromatic ring is 1. The smallest absolute Gasteiger partial charge is 0.325 e. The number of aliphatic hydroxyl groups is 1. The van der Waals surface area contributed by atoms with Crippen molar-refractivity contribution in [2.45, 2.75) is 12.6 Å². The average molecular weight is 317 g/mol. The highest BCUT2D eigenvalue weighted by molar-refractivity contribution is 7.51. The van der Waals surface area contributed by atoms with Crippen molar-refractivity contribution in [2.24, 2.45) is 0 Å². The molecule has 21 heavy (non-hydrogen) atoms. The molecule has 0 spiro atoms. The number of aromatic nitrogens is 4. The summed E-state index contributed by atoms with van der Waals surface area (Å²) in [5.41, 5.74) is 6.42. The van der Waals surface area contributed by atoms with Crippen LogP contribution in [0.15, 0.2) is 12.5 Å². The van der Waals surface area contributed by atoms with Crippen LogP contribution in [0.25, 0.3) is 11.2 Å². The third kappa shape index (κ3) is 4.19. The highest BCUT2D eigenvalue weighted by Crippen LogP contribution is 2.34. The number of aliphatic hydroxyl groups excluding tert-OH is 1. The second-order valence-corrected chi connectivity index (χ2v) is 6.12. The second kappa shape index (κ2) is 6.46. The Morgan fingerprint density at radius 2 is 2.19 bits per heavy atom. The minimum absolute atomic E-state index is 0.0717. The van der Waals surface area contributed by atoms with E-state index < -0.39 is 13.8 Å². The van der Waals surface area contributed by atoms with Crippen LogP contribution in [-0.2, 0) is 9.30 Å². The van der Waals surface area contributed by atoms with Gasteiger partial charge in [-0.05, 0) is 6.42 Å². The van der Waals surface area contributed by atoms with Gasteiger partial charge in [0.2, 0.25) is 5.95 Å². The number of hydrogen-bond donors (Lipinski definition) is 4. The summed E-state index contributed by atoms with van der Waals surface area (Å²) in [6.07, 6.45) is 2.02. The molecule has 5 N–H and O–H groups in total. The van der Waals surface area contributed by atoms with Crippen molar-refractivity contribution in [3.05, 3.63) is 12.5 Å². The average Bonchev–Trinajstić information content (AvgIpc) is 2.81. The van der Waals surface area contributed by atoms with E-state index >= 15 is 0 Å². The van der Waals surface area contributed by atoms with E-state index in [1.807, 2.05) is 0 Å². The van der Waals surface area contributed by atoms with E-state index in [1.165, 1.54) is 17.1 Å². The molecule has 0 aliphatic carbocycles. The molecule has 0 aliphatic rings. The van der Waals surface area contributed by atoms with Crippen LogP contribution in [0.5, 0.6) is 0 Å². The summed E-state index contributed by atoms with van der Waals surface area (Å²) in [6.45, 7) is -0.262. The van der Waals surface area contributed by atoms with Gasteiger partial charge in [0.15, 0.2) is 11.9 Å². The van der Waals surface area contributed by atoms with Crippen LogP contribution in [-0.4, -0.2) is 53.8 Å². The molecule has 0 bridgehead atoms. The molecular weight excluding hydrogens is 301 g/mol. The summed E-state index contributed by atoms with van der Waals surface area (Å²) in [6, 6.07) is 0. The van der Waals surface area contributed by atoms with E-state index in [9.17, 15) is 9.67 Å². The lowest BCUT2D eigenvalue weighted by atomic mass is 10.5. The molecule has 1 atom stereocenters. The van der Waals surface area contributed by atoms with Crippen molar-refractivity contribution in [1.29, 1.82) is 0 Å². The van der Waals surface area contributed by atoms with Gasteiger partial charge >= 0.3 is 7.60 Å². The number of hydrogen-bond acceptors (Lipinski definition) is 7. The third-order valence-corrected chi connectivity index (χ3v) is 3.60. The van der Waals surface area contributed by atoms with Gasteiger partial charge in [0.1, 0.15) is 5.52 Å². The molecule has 0 radical (unpaired) electrons. The summed E-state index contributed by atoms with van der Waals surface area (Å²) in [4.78, 5) is 29.4. The SMILES string of the molecule is Nc1ncc2ncn([C@@H](CO)OCCCP(=O)(O)O)c2n1. The van der Waals surface area contributed by atoms with Gasteiger partial charge in [0, 0.05) is 6.61 Å². The Kier molecular flexibility index (Phi) is 4.86. The Bertz CT molecular complexity index is 656. The fraction of sp³-hybridized carbons (Fsp3) is 0.500. The third-order valence-electron chi connectivity index (χ3n) is 2.70. The molecule has 2 heterocycles. The lowest BCUT2D eigenvalue weighted by Crippen LogP contribution is -2.18. The van der Waals surface area contributed by atoms with Gasteiger partial charge in [-0.3, -0.25) is 9.13 Å². The van der Waals surface area contributed by atoms with Crippen LogP contribution in [0.3, 0.4) is 0 Å². The Hall–Kier alpha value is -1.58. The fourth-order valence-electron chi connectivity index (χ4n) is 1.76. The molecule has 2 rings (SSSR count). The first kappa shape index (κ1) is 15.8. The standard InChI is InChI=1S/C10H16N5O5P/c11-10-12-4-7-9(14-10)15(6-13-7)8(5-16)20-2-1-3-21(17,18)19/h4,6,8,16H,1-3,5H2,(H2,11,12,14)(H2,17,18,19)/t8-/m1/s1. The predicted molar refractivity (Wildman–Crippen MR) is 73.3 cm³/mol. The maximum absolute atomic E-state index is 10.7. The van der Waals surface area contributed by atoms with E-state index in [0.29, 0.717) is 11.2 Å². The molecule has 0 aliphatic heterocycles. The van der Waals surface area contributed by atoms with E-state index in [4.69, 9.17) is 20.3 Å². The normalized spacial score (nSPS) is 13.7. The number of imidazole rings is 1. The van der Waals surface area contributed by atoms with Crippen molar-refractivity contribution < 1.29 is 24.2 Å². The lowest BCUT2D eigenvalue weighted by Gasteiger charge is -2.17. The molecule has 0 fully saturated rings. The number of fused-ring (bicyclic) bond motifs is 1.